The molecular formula is C15H19BrClNO. The number of halogens is 2. The van der Waals surface area contributed by atoms with Crippen molar-refractivity contribution in [1.82, 2.24) is 4.90 Å². The number of benzene rings is 1. The molecule has 19 heavy (non-hydrogen) atoms. The first-order chi connectivity index (χ1) is 9.20. The Kier molecular flexibility index (Phi) is 5.71. The fraction of sp³-hybridized carbons (Fsp3) is 0.533. The topological polar surface area (TPSA) is 20.3 Å². The quantitative estimate of drug-likeness (QED) is 0.759. The third kappa shape index (κ3) is 4.22. The van der Waals surface area contributed by atoms with Crippen molar-refractivity contribution in [2.75, 3.05) is 12.4 Å². The van der Waals surface area contributed by atoms with Gasteiger partial charge in [0.1, 0.15) is 0 Å². The van der Waals surface area contributed by atoms with Crippen molar-refractivity contribution in [2.24, 2.45) is 0 Å². The monoisotopic (exact) mass is 343 g/mol. The lowest BCUT2D eigenvalue weighted by Crippen LogP contribution is -2.41. The van der Waals surface area contributed by atoms with E-state index in [1.165, 1.54) is 12.8 Å². The minimum absolute atomic E-state index is 0.204. The van der Waals surface area contributed by atoms with Crippen LogP contribution >= 0.6 is 27.5 Å². The molecule has 1 aliphatic heterocycles. The number of alkyl halides is 1. The Morgan fingerprint density at radius 2 is 2.00 bits per heavy atom. The van der Waals surface area contributed by atoms with E-state index in [0.29, 0.717) is 12.3 Å². The van der Waals surface area contributed by atoms with E-state index in [0.717, 1.165) is 29.4 Å². The summed E-state index contributed by atoms with van der Waals surface area (Å²) in [6, 6.07) is 8.16. The van der Waals surface area contributed by atoms with Gasteiger partial charge in [0.15, 0.2) is 0 Å². The summed E-state index contributed by atoms with van der Waals surface area (Å²) >= 11 is 9.42. The van der Waals surface area contributed by atoms with E-state index < -0.39 is 0 Å². The highest BCUT2D eigenvalue weighted by Crippen LogP contribution is 2.19. The standard InChI is InChI=1S/C15H19BrClNO/c16-13-7-5-12(6-8-13)10-15(19)18-9-3-1-2-4-14(18)11-17/h5-8,14H,1-4,9-11H2. The Balaban J connectivity index is 2.02. The molecule has 1 atom stereocenters. The molecular weight excluding hydrogens is 326 g/mol. The highest BCUT2D eigenvalue weighted by molar-refractivity contribution is 9.10. The van der Waals surface area contributed by atoms with E-state index >= 15 is 0 Å². The van der Waals surface area contributed by atoms with Crippen LogP contribution in [-0.4, -0.2) is 29.3 Å². The van der Waals surface area contributed by atoms with Crippen LogP contribution in [0.1, 0.15) is 31.2 Å². The first kappa shape index (κ1) is 14.9. The molecule has 1 heterocycles. The molecule has 4 heteroatoms. The maximum Gasteiger partial charge on any atom is 0.227 e. The molecule has 0 bridgehead atoms. The first-order valence-electron chi connectivity index (χ1n) is 6.80. The number of likely N-dealkylation sites (tertiary alicyclic amines) is 1. The second kappa shape index (κ2) is 7.30. The second-order valence-corrected chi connectivity index (χ2v) is 6.27. The zero-order valence-electron chi connectivity index (χ0n) is 10.9. The van der Waals surface area contributed by atoms with Crippen LogP contribution in [0, 0.1) is 0 Å². The number of carbonyl (C=O) groups excluding carboxylic acids is 1. The number of carbonyl (C=O) groups is 1. The lowest BCUT2D eigenvalue weighted by atomic mass is 10.1. The number of rotatable bonds is 3. The number of nitrogens with zero attached hydrogens (tertiary/aromatic N) is 1. The van der Waals surface area contributed by atoms with Gasteiger partial charge in [0.2, 0.25) is 5.91 Å². The van der Waals surface area contributed by atoms with Crippen molar-refractivity contribution >= 4 is 33.4 Å². The molecule has 2 rings (SSSR count). The van der Waals surface area contributed by atoms with Crippen molar-refractivity contribution in [2.45, 2.75) is 38.1 Å². The van der Waals surface area contributed by atoms with Crippen LogP contribution < -0.4 is 0 Å². The number of hydrogen-bond donors (Lipinski definition) is 0. The van der Waals surface area contributed by atoms with Crippen molar-refractivity contribution in [3.63, 3.8) is 0 Å². The zero-order chi connectivity index (χ0) is 13.7. The van der Waals surface area contributed by atoms with Gasteiger partial charge in [0, 0.05) is 22.9 Å². The molecule has 0 spiro atoms. The summed E-state index contributed by atoms with van der Waals surface area (Å²) in [6.07, 6.45) is 4.99. The summed E-state index contributed by atoms with van der Waals surface area (Å²) in [4.78, 5) is 14.4. The Labute approximate surface area is 128 Å². The highest BCUT2D eigenvalue weighted by Gasteiger charge is 2.24. The Morgan fingerprint density at radius 1 is 1.26 bits per heavy atom. The average Bonchev–Trinajstić information content (AvgIpc) is 2.66. The lowest BCUT2D eigenvalue weighted by molar-refractivity contribution is -0.132. The van der Waals surface area contributed by atoms with Crippen LogP contribution in [0.3, 0.4) is 0 Å². The maximum atomic E-state index is 12.4. The van der Waals surface area contributed by atoms with E-state index in [4.69, 9.17) is 11.6 Å². The van der Waals surface area contributed by atoms with Crippen LogP contribution in [0.2, 0.25) is 0 Å². The molecule has 2 nitrogen and oxygen atoms in total. The van der Waals surface area contributed by atoms with Crippen molar-refractivity contribution in [3.8, 4) is 0 Å². The third-order valence-corrected chi connectivity index (χ3v) is 4.53. The predicted octanol–water partition coefficient (Wildman–Crippen LogP) is 4.00. The molecule has 0 saturated carbocycles. The first-order valence-corrected chi connectivity index (χ1v) is 8.13. The number of hydrogen-bond acceptors (Lipinski definition) is 1. The second-order valence-electron chi connectivity index (χ2n) is 5.05. The number of amides is 1. The fourth-order valence-corrected chi connectivity index (χ4v) is 3.13. The van der Waals surface area contributed by atoms with E-state index in [-0.39, 0.29) is 11.9 Å². The van der Waals surface area contributed by atoms with Gasteiger partial charge in [-0.25, -0.2) is 0 Å². The minimum atomic E-state index is 0.204. The van der Waals surface area contributed by atoms with Gasteiger partial charge in [-0.2, -0.15) is 0 Å². The molecule has 1 amide bonds. The van der Waals surface area contributed by atoms with Crippen LogP contribution in [0.25, 0.3) is 0 Å². The predicted molar refractivity (Wildman–Crippen MR) is 82.5 cm³/mol. The smallest absolute Gasteiger partial charge is 0.227 e. The summed E-state index contributed by atoms with van der Waals surface area (Å²) in [7, 11) is 0. The molecule has 0 aliphatic carbocycles. The van der Waals surface area contributed by atoms with Gasteiger partial charge in [-0.1, -0.05) is 40.9 Å². The summed E-state index contributed by atoms with van der Waals surface area (Å²) in [5.41, 5.74) is 1.06. The van der Waals surface area contributed by atoms with Crippen molar-refractivity contribution < 1.29 is 4.79 Å². The van der Waals surface area contributed by atoms with E-state index in [2.05, 4.69) is 15.9 Å². The fourth-order valence-electron chi connectivity index (χ4n) is 2.54. The molecule has 1 fully saturated rings. The molecule has 0 aromatic heterocycles. The van der Waals surface area contributed by atoms with Crippen molar-refractivity contribution in [3.05, 3.63) is 34.3 Å². The van der Waals surface area contributed by atoms with E-state index in [1.54, 1.807) is 0 Å². The van der Waals surface area contributed by atoms with Gasteiger partial charge in [-0.3, -0.25) is 4.79 Å². The summed E-state index contributed by atoms with van der Waals surface area (Å²) in [5, 5.41) is 0. The molecule has 1 saturated heterocycles. The Hall–Kier alpha value is -0.540. The average molecular weight is 345 g/mol. The molecule has 1 aliphatic rings. The molecule has 104 valence electrons. The van der Waals surface area contributed by atoms with Gasteiger partial charge in [0.05, 0.1) is 6.42 Å². The third-order valence-electron chi connectivity index (χ3n) is 3.64. The highest BCUT2D eigenvalue weighted by atomic mass is 79.9. The van der Waals surface area contributed by atoms with Crippen LogP contribution in [0.15, 0.2) is 28.7 Å². The van der Waals surface area contributed by atoms with Crippen LogP contribution in [0.5, 0.6) is 0 Å². The normalized spacial score (nSPS) is 20.1. The summed E-state index contributed by atoms with van der Waals surface area (Å²) in [6.45, 7) is 0.854. The SMILES string of the molecule is O=C(Cc1ccc(Br)cc1)N1CCCCCC1CCl. The van der Waals surface area contributed by atoms with Crippen molar-refractivity contribution in [1.29, 1.82) is 0 Å². The van der Waals surface area contributed by atoms with Gasteiger partial charge in [-0.15, -0.1) is 11.6 Å². The van der Waals surface area contributed by atoms with E-state index in [9.17, 15) is 4.79 Å². The summed E-state index contributed by atoms with van der Waals surface area (Å²) < 4.78 is 1.04. The van der Waals surface area contributed by atoms with Gasteiger partial charge in [0.25, 0.3) is 0 Å². The Bertz CT molecular complexity index is 421. The van der Waals surface area contributed by atoms with Crippen LogP contribution in [-0.2, 0) is 11.2 Å². The minimum Gasteiger partial charge on any atom is -0.338 e. The van der Waals surface area contributed by atoms with Gasteiger partial charge >= 0.3 is 0 Å². The molecule has 1 aromatic carbocycles. The zero-order valence-corrected chi connectivity index (χ0v) is 13.3. The molecule has 0 N–H and O–H groups in total. The molecule has 0 radical (unpaired) electrons. The lowest BCUT2D eigenvalue weighted by Gasteiger charge is -2.28. The summed E-state index contributed by atoms with van der Waals surface area (Å²) in [5.74, 6) is 0.751. The van der Waals surface area contributed by atoms with Crippen LogP contribution in [0.4, 0.5) is 0 Å². The van der Waals surface area contributed by atoms with Gasteiger partial charge < -0.3 is 4.90 Å². The maximum absolute atomic E-state index is 12.4. The molecule has 1 unspecified atom stereocenters. The largest absolute Gasteiger partial charge is 0.338 e. The van der Waals surface area contributed by atoms with E-state index in [1.807, 2.05) is 29.2 Å². The molecule has 1 aromatic rings. The van der Waals surface area contributed by atoms with Gasteiger partial charge in [-0.05, 0) is 30.5 Å². The Morgan fingerprint density at radius 3 is 2.68 bits per heavy atom.